The Morgan fingerprint density at radius 3 is 2.39 bits per heavy atom. The lowest BCUT2D eigenvalue weighted by Gasteiger charge is -2.32. The summed E-state index contributed by atoms with van der Waals surface area (Å²) in [6.07, 6.45) is 0.981. The van der Waals surface area contributed by atoms with Gasteiger partial charge in [0.25, 0.3) is 0 Å². The van der Waals surface area contributed by atoms with Crippen molar-refractivity contribution in [2.24, 2.45) is 5.92 Å². The number of methoxy groups -OCH3 is 1. The molecule has 1 amide bonds. The van der Waals surface area contributed by atoms with Gasteiger partial charge in [-0.05, 0) is 26.2 Å². The molecular weight excluding hydrogens is 234 g/mol. The van der Waals surface area contributed by atoms with Crippen LogP contribution in [0.1, 0.15) is 40.5 Å². The van der Waals surface area contributed by atoms with Gasteiger partial charge in [-0.3, -0.25) is 4.79 Å². The number of carbonyl (C=O) groups excluding carboxylic acids is 2. The lowest BCUT2D eigenvalue weighted by atomic mass is 9.88. The van der Waals surface area contributed by atoms with Crippen LogP contribution in [0.15, 0.2) is 0 Å². The molecule has 0 saturated heterocycles. The molecule has 1 N–H and O–H groups in total. The van der Waals surface area contributed by atoms with Gasteiger partial charge in [0.05, 0.1) is 6.61 Å². The van der Waals surface area contributed by atoms with Crippen LogP contribution in [-0.2, 0) is 19.1 Å². The fourth-order valence-electron chi connectivity index (χ4n) is 1.44. The minimum atomic E-state index is -0.972. The Bertz CT molecular complexity index is 278. The molecule has 0 aromatic heterocycles. The second-order valence-corrected chi connectivity index (χ2v) is 4.72. The number of amides is 1. The van der Waals surface area contributed by atoms with Gasteiger partial charge in [-0.25, -0.2) is 4.79 Å². The lowest BCUT2D eigenvalue weighted by molar-refractivity contribution is -0.154. The molecule has 5 heteroatoms. The number of esters is 1. The predicted octanol–water partition coefficient (Wildman–Crippen LogP) is 1.51. The third kappa shape index (κ3) is 5.04. The van der Waals surface area contributed by atoms with E-state index >= 15 is 0 Å². The summed E-state index contributed by atoms with van der Waals surface area (Å²) in [5, 5.41) is 2.77. The maximum atomic E-state index is 11.9. The van der Waals surface area contributed by atoms with Crippen molar-refractivity contribution in [3.8, 4) is 0 Å². The molecule has 0 heterocycles. The molecular formula is C13H25NO4. The van der Waals surface area contributed by atoms with E-state index in [0.29, 0.717) is 26.1 Å². The van der Waals surface area contributed by atoms with Crippen LogP contribution in [0.5, 0.6) is 0 Å². The van der Waals surface area contributed by atoms with Crippen LogP contribution in [0.25, 0.3) is 0 Å². The fraction of sp³-hybridized carbons (Fsp3) is 0.846. The Morgan fingerprint density at radius 1 is 1.33 bits per heavy atom. The Balaban J connectivity index is 4.51. The van der Waals surface area contributed by atoms with Crippen molar-refractivity contribution in [1.82, 2.24) is 5.32 Å². The van der Waals surface area contributed by atoms with Gasteiger partial charge < -0.3 is 14.8 Å². The van der Waals surface area contributed by atoms with Crippen molar-refractivity contribution < 1.29 is 19.1 Å². The third-order valence-corrected chi connectivity index (χ3v) is 3.01. The van der Waals surface area contributed by atoms with Crippen LogP contribution in [0.4, 0.5) is 0 Å². The van der Waals surface area contributed by atoms with Crippen LogP contribution < -0.4 is 5.32 Å². The van der Waals surface area contributed by atoms with Crippen molar-refractivity contribution in [1.29, 1.82) is 0 Å². The highest BCUT2D eigenvalue weighted by Crippen LogP contribution is 2.18. The average molecular weight is 259 g/mol. The van der Waals surface area contributed by atoms with E-state index < -0.39 is 5.54 Å². The number of ether oxygens (including phenoxy) is 2. The maximum Gasteiger partial charge on any atom is 0.331 e. The van der Waals surface area contributed by atoms with Gasteiger partial charge in [-0.1, -0.05) is 13.8 Å². The molecule has 0 fully saturated rings. The molecule has 0 bridgehead atoms. The minimum Gasteiger partial charge on any atom is -0.464 e. The summed E-state index contributed by atoms with van der Waals surface area (Å²) in [5.74, 6) is -0.584. The van der Waals surface area contributed by atoms with E-state index in [9.17, 15) is 9.59 Å². The largest absolute Gasteiger partial charge is 0.464 e. The number of rotatable bonds is 8. The Morgan fingerprint density at radius 2 is 1.94 bits per heavy atom. The average Bonchev–Trinajstić information content (AvgIpc) is 2.29. The SMILES string of the molecule is CCOC(=O)[C@](C)(NC(=O)CCCOC)C(C)C. The Kier molecular flexibility index (Phi) is 7.59. The topological polar surface area (TPSA) is 64.6 Å². The summed E-state index contributed by atoms with van der Waals surface area (Å²) >= 11 is 0. The lowest BCUT2D eigenvalue weighted by Crippen LogP contribution is -2.56. The monoisotopic (exact) mass is 259 g/mol. The molecule has 0 radical (unpaired) electrons. The van der Waals surface area contributed by atoms with Gasteiger partial charge in [-0.2, -0.15) is 0 Å². The first-order chi connectivity index (χ1) is 8.38. The number of hydrogen-bond acceptors (Lipinski definition) is 4. The van der Waals surface area contributed by atoms with Crippen molar-refractivity contribution in [2.45, 2.75) is 46.1 Å². The van der Waals surface area contributed by atoms with Gasteiger partial charge in [0.15, 0.2) is 0 Å². The van der Waals surface area contributed by atoms with Gasteiger partial charge in [0.2, 0.25) is 5.91 Å². The molecule has 18 heavy (non-hydrogen) atoms. The first-order valence-electron chi connectivity index (χ1n) is 6.35. The van der Waals surface area contributed by atoms with Crippen LogP contribution >= 0.6 is 0 Å². The van der Waals surface area contributed by atoms with Crippen molar-refractivity contribution in [2.75, 3.05) is 20.3 Å². The van der Waals surface area contributed by atoms with Crippen LogP contribution in [0.3, 0.4) is 0 Å². The standard InChI is InChI=1S/C13H25NO4/c1-6-18-12(16)13(4,10(2)3)14-11(15)8-7-9-17-5/h10H,6-9H2,1-5H3,(H,14,15)/t13-/m1/s1. The fourth-order valence-corrected chi connectivity index (χ4v) is 1.44. The van der Waals surface area contributed by atoms with Gasteiger partial charge in [-0.15, -0.1) is 0 Å². The Labute approximate surface area is 109 Å². The summed E-state index contributed by atoms with van der Waals surface area (Å²) < 4.78 is 9.90. The quantitative estimate of drug-likeness (QED) is 0.530. The molecule has 0 spiro atoms. The summed E-state index contributed by atoms with van der Waals surface area (Å²) in [7, 11) is 1.59. The molecule has 0 aromatic carbocycles. The first kappa shape index (κ1) is 16.9. The van der Waals surface area contributed by atoms with Crippen molar-refractivity contribution in [3.63, 3.8) is 0 Å². The smallest absolute Gasteiger partial charge is 0.331 e. The molecule has 0 aliphatic carbocycles. The van der Waals surface area contributed by atoms with E-state index in [1.165, 1.54) is 0 Å². The number of hydrogen-bond donors (Lipinski definition) is 1. The van der Waals surface area contributed by atoms with E-state index in [1.54, 1.807) is 21.0 Å². The third-order valence-electron chi connectivity index (χ3n) is 3.01. The second-order valence-electron chi connectivity index (χ2n) is 4.72. The Hall–Kier alpha value is -1.10. The normalized spacial score (nSPS) is 14.1. The molecule has 0 aliphatic rings. The van der Waals surface area contributed by atoms with E-state index in [0.717, 1.165) is 0 Å². The van der Waals surface area contributed by atoms with E-state index in [-0.39, 0.29) is 17.8 Å². The zero-order chi connectivity index (χ0) is 14.2. The molecule has 106 valence electrons. The molecule has 0 aliphatic heterocycles. The summed E-state index contributed by atoms with van der Waals surface area (Å²) in [5.41, 5.74) is -0.972. The van der Waals surface area contributed by atoms with Crippen LogP contribution in [0, 0.1) is 5.92 Å². The van der Waals surface area contributed by atoms with E-state index in [1.807, 2.05) is 13.8 Å². The highest BCUT2D eigenvalue weighted by atomic mass is 16.5. The van der Waals surface area contributed by atoms with E-state index in [2.05, 4.69) is 5.32 Å². The molecule has 1 atom stereocenters. The predicted molar refractivity (Wildman–Crippen MR) is 69.1 cm³/mol. The molecule has 0 aromatic rings. The first-order valence-corrected chi connectivity index (χ1v) is 6.35. The number of nitrogens with one attached hydrogen (secondary N) is 1. The van der Waals surface area contributed by atoms with Gasteiger partial charge in [0, 0.05) is 20.1 Å². The molecule has 0 unspecified atom stereocenters. The maximum absolute atomic E-state index is 11.9. The molecule has 5 nitrogen and oxygen atoms in total. The number of carbonyl (C=O) groups is 2. The van der Waals surface area contributed by atoms with E-state index in [4.69, 9.17) is 9.47 Å². The zero-order valence-corrected chi connectivity index (χ0v) is 12.0. The molecule has 0 saturated carbocycles. The van der Waals surface area contributed by atoms with Crippen molar-refractivity contribution in [3.05, 3.63) is 0 Å². The highest BCUT2D eigenvalue weighted by Gasteiger charge is 2.39. The highest BCUT2D eigenvalue weighted by molar-refractivity contribution is 5.88. The second kappa shape index (κ2) is 8.08. The zero-order valence-electron chi connectivity index (χ0n) is 12.0. The van der Waals surface area contributed by atoms with Gasteiger partial charge in [0.1, 0.15) is 5.54 Å². The summed E-state index contributed by atoms with van der Waals surface area (Å²) in [6.45, 7) is 8.05. The minimum absolute atomic E-state index is 0.0390. The molecule has 0 rings (SSSR count). The van der Waals surface area contributed by atoms with Crippen molar-refractivity contribution >= 4 is 11.9 Å². The summed E-state index contributed by atoms with van der Waals surface area (Å²) in [4.78, 5) is 23.7. The van der Waals surface area contributed by atoms with Crippen LogP contribution in [0.2, 0.25) is 0 Å². The summed E-state index contributed by atoms with van der Waals surface area (Å²) in [6, 6.07) is 0. The van der Waals surface area contributed by atoms with Crippen LogP contribution in [-0.4, -0.2) is 37.7 Å². The van der Waals surface area contributed by atoms with Gasteiger partial charge >= 0.3 is 5.97 Å².